The van der Waals surface area contributed by atoms with Gasteiger partial charge in [-0.2, -0.15) is 0 Å². The van der Waals surface area contributed by atoms with Gasteiger partial charge < -0.3 is 0 Å². The smallest absolute Gasteiger partial charge is 0.154 e. The number of carbonyl (C=O) groups excluding carboxylic acids is 1. The first kappa shape index (κ1) is 22.6. The largest absolute Gasteiger partial charge is 0.295 e. The number of aryl methyl sites for hydroxylation is 2. The van der Waals surface area contributed by atoms with Crippen molar-refractivity contribution in [1.82, 2.24) is 0 Å². The maximum absolute atomic E-state index is 10.0. The summed E-state index contributed by atoms with van der Waals surface area (Å²) in [6.07, 6.45) is 0. The van der Waals surface area contributed by atoms with E-state index >= 15 is 0 Å². The van der Waals surface area contributed by atoms with Crippen molar-refractivity contribution < 1.29 is 4.79 Å². The van der Waals surface area contributed by atoms with E-state index in [1.807, 2.05) is 18.2 Å². The normalized spacial score (nSPS) is 9.22. The van der Waals surface area contributed by atoms with Crippen molar-refractivity contribution >= 4 is 21.7 Å². The zero-order valence-corrected chi connectivity index (χ0v) is 18.1. The molecular weight excluding hydrogens is 396 g/mol. The molecule has 0 fully saturated rings. The van der Waals surface area contributed by atoms with Gasteiger partial charge in [-0.25, -0.2) is 0 Å². The van der Waals surface area contributed by atoms with Crippen LogP contribution in [0.3, 0.4) is 0 Å². The SMILES string of the molecule is C=C(C)C(C)=O.Cc1ccc(-c2ccccc2)cc1.Cc1ccc(Br)cc1. The van der Waals surface area contributed by atoms with Crippen molar-refractivity contribution in [2.24, 2.45) is 0 Å². The third kappa shape index (κ3) is 9.72. The molecule has 2 heteroatoms. The van der Waals surface area contributed by atoms with E-state index in [1.54, 1.807) is 6.92 Å². The van der Waals surface area contributed by atoms with Gasteiger partial charge in [0.2, 0.25) is 0 Å². The Kier molecular flexibility index (Phi) is 10.1. The maximum Gasteiger partial charge on any atom is 0.154 e. The van der Waals surface area contributed by atoms with Crippen LogP contribution in [0, 0.1) is 13.8 Å². The van der Waals surface area contributed by atoms with E-state index in [-0.39, 0.29) is 5.78 Å². The second kappa shape index (κ2) is 12.0. The lowest BCUT2D eigenvalue weighted by molar-refractivity contribution is -0.113. The van der Waals surface area contributed by atoms with Crippen molar-refractivity contribution in [3.05, 3.63) is 107 Å². The van der Waals surface area contributed by atoms with Gasteiger partial charge in [-0.3, -0.25) is 4.79 Å². The minimum Gasteiger partial charge on any atom is -0.295 e. The Bertz CT molecular complexity index is 799. The summed E-state index contributed by atoms with van der Waals surface area (Å²) in [6.45, 7) is 10.8. The molecule has 3 aromatic carbocycles. The summed E-state index contributed by atoms with van der Waals surface area (Å²) in [7, 11) is 0. The third-order valence-electron chi connectivity index (χ3n) is 3.77. The van der Waals surface area contributed by atoms with Gasteiger partial charge in [0, 0.05) is 4.47 Å². The molecule has 27 heavy (non-hydrogen) atoms. The molecule has 0 N–H and O–H groups in total. The van der Waals surface area contributed by atoms with Gasteiger partial charge in [-0.05, 0) is 56.5 Å². The second-order valence-corrected chi connectivity index (χ2v) is 7.28. The lowest BCUT2D eigenvalue weighted by Crippen LogP contribution is -1.86. The Hall–Kier alpha value is -2.45. The summed E-state index contributed by atoms with van der Waals surface area (Å²) in [5, 5.41) is 0. The monoisotopic (exact) mass is 422 g/mol. The van der Waals surface area contributed by atoms with Crippen LogP contribution in [0.15, 0.2) is 95.5 Å². The Balaban J connectivity index is 0.000000224. The molecule has 0 amide bonds. The number of hydrogen-bond donors (Lipinski definition) is 0. The van der Waals surface area contributed by atoms with E-state index < -0.39 is 0 Å². The number of allylic oxidation sites excluding steroid dienone is 1. The van der Waals surface area contributed by atoms with E-state index in [4.69, 9.17) is 0 Å². The minimum absolute atomic E-state index is 0.0648. The van der Waals surface area contributed by atoms with Crippen LogP contribution >= 0.6 is 15.9 Å². The number of hydrogen-bond acceptors (Lipinski definition) is 1. The molecule has 0 spiro atoms. The molecule has 0 saturated carbocycles. The first-order valence-electron chi connectivity index (χ1n) is 8.80. The molecule has 3 aromatic rings. The maximum atomic E-state index is 10.0. The molecule has 1 nitrogen and oxygen atoms in total. The number of carbonyl (C=O) groups is 1. The van der Waals surface area contributed by atoms with Crippen molar-refractivity contribution in [2.45, 2.75) is 27.7 Å². The van der Waals surface area contributed by atoms with E-state index in [9.17, 15) is 4.79 Å². The Morgan fingerprint density at radius 3 is 1.44 bits per heavy atom. The fourth-order valence-electron chi connectivity index (χ4n) is 1.91. The highest BCUT2D eigenvalue weighted by Gasteiger charge is 1.93. The predicted octanol–water partition coefficient (Wildman–Crippen LogP) is 7.57. The van der Waals surface area contributed by atoms with Crippen LogP contribution < -0.4 is 0 Å². The van der Waals surface area contributed by atoms with E-state index in [1.165, 1.54) is 29.2 Å². The molecule has 0 radical (unpaired) electrons. The Morgan fingerprint density at radius 1 is 0.704 bits per heavy atom. The summed E-state index contributed by atoms with van der Waals surface area (Å²) in [6, 6.07) is 27.2. The minimum atomic E-state index is 0.0648. The molecule has 3 rings (SSSR count). The lowest BCUT2D eigenvalue weighted by atomic mass is 10.0. The topological polar surface area (TPSA) is 17.1 Å². The van der Waals surface area contributed by atoms with Crippen LogP contribution in [0.1, 0.15) is 25.0 Å². The highest BCUT2D eigenvalue weighted by molar-refractivity contribution is 9.10. The molecule has 0 bridgehead atoms. The van der Waals surface area contributed by atoms with Crippen LogP contribution in [0.4, 0.5) is 0 Å². The van der Waals surface area contributed by atoms with Crippen molar-refractivity contribution in [3.8, 4) is 11.1 Å². The van der Waals surface area contributed by atoms with Crippen LogP contribution in [0.2, 0.25) is 0 Å². The third-order valence-corrected chi connectivity index (χ3v) is 4.30. The number of ketones is 1. The fraction of sp³-hybridized carbons (Fsp3) is 0.160. The number of benzene rings is 3. The van der Waals surface area contributed by atoms with Gasteiger partial charge in [-0.15, -0.1) is 0 Å². The fourth-order valence-corrected chi connectivity index (χ4v) is 2.17. The number of Topliss-reactive ketones (excluding diaryl/α,β-unsaturated/α-hetero) is 1. The quantitative estimate of drug-likeness (QED) is 0.389. The summed E-state index contributed by atoms with van der Waals surface area (Å²) in [5.74, 6) is 0.0648. The lowest BCUT2D eigenvalue weighted by Gasteiger charge is -2.00. The highest BCUT2D eigenvalue weighted by Crippen LogP contribution is 2.18. The van der Waals surface area contributed by atoms with Gasteiger partial charge >= 0.3 is 0 Å². The summed E-state index contributed by atoms with van der Waals surface area (Å²) >= 11 is 3.35. The Morgan fingerprint density at radius 2 is 1.07 bits per heavy atom. The molecule has 0 atom stereocenters. The van der Waals surface area contributed by atoms with Gasteiger partial charge in [-0.1, -0.05) is 100 Å². The summed E-state index contributed by atoms with van der Waals surface area (Å²) in [4.78, 5) is 10.0. The van der Waals surface area contributed by atoms with Gasteiger partial charge in [0.15, 0.2) is 5.78 Å². The average Bonchev–Trinajstić information content (AvgIpc) is 2.66. The van der Waals surface area contributed by atoms with Gasteiger partial charge in [0.25, 0.3) is 0 Å². The van der Waals surface area contributed by atoms with E-state index in [0.717, 1.165) is 4.47 Å². The highest BCUT2D eigenvalue weighted by atomic mass is 79.9. The average molecular weight is 423 g/mol. The second-order valence-electron chi connectivity index (χ2n) is 6.36. The zero-order chi connectivity index (χ0) is 20.2. The first-order valence-corrected chi connectivity index (χ1v) is 9.59. The van der Waals surface area contributed by atoms with Crippen LogP contribution in [-0.4, -0.2) is 5.78 Å². The molecule has 0 aliphatic rings. The van der Waals surface area contributed by atoms with Crippen LogP contribution in [0.5, 0.6) is 0 Å². The standard InChI is InChI=1S/C13H12.C7H7Br.C5H8O/c1-11-7-9-13(10-8-11)12-5-3-2-4-6-12;1-6-2-4-7(8)5-3-6;1-4(2)5(3)6/h2-10H,1H3;2-5H,1H3;1H2,2-3H3. The van der Waals surface area contributed by atoms with Crippen molar-refractivity contribution in [2.75, 3.05) is 0 Å². The zero-order valence-electron chi connectivity index (χ0n) is 16.5. The summed E-state index contributed by atoms with van der Waals surface area (Å²) in [5.41, 5.74) is 5.79. The molecule has 0 aromatic heterocycles. The van der Waals surface area contributed by atoms with Crippen molar-refractivity contribution in [1.29, 1.82) is 0 Å². The van der Waals surface area contributed by atoms with E-state index in [2.05, 4.69) is 97.0 Å². The molecule has 0 saturated heterocycles. The Labute approximate surface area is 171 Å². The van der Waals surface area contributed by atoms with E-state index in [0.29, 0.717) is 5.57 Å². The molecule has 0 unspecified atom stereocenters. The first-order chi connectivity index (χ1) is 12.8. The molecule has 0 heterocycles. The molecule has 0 aliphatic heterocycles. The van der Waals surface area contributed by atoms with Gasteiger partial charge in [0.05, 0.1) is 0 Å². The van der Waals surface area contributed by atoms with Gasteiger partial charge in [0.1, 0.15) is 0 Å². The number of halogens is 1. The molecular formula is C25H27BrO. The molecule has 0 aliphatic carbocycles. The number of rotatable bonds is 2. The van der Waals surface area contributed by atoms with Crippen molar-refractivity contribution in [3.63, 3.8) is 0 Å². The van der Waals surface area contributed by atoms with Crippen LogP contribution in [0.25, 0.3) is 11.1 Å². The predicted molar refractivity (Wildman–Crippen MR) is 121 cm³/mol. The summed E-state index contributed by atoms with van der Waals surface area (Å²) < 4.78 is 1.14. The van der Waals surface area contributed by atoms with Crippen LogP contribution in [-0.2, 0) is 4.79 Å². The molecule has 140 valence electrons.